The smallest absolute Gasteiger partial charge is 0.243 e. The summed E-state index contributed by atoms with van der Waals surface area (Å²) in [4.78, 5) is 26.3. The predicted octanol–water partition coefficient (Wildman–Crippen LogP) is 1.02. The maximum absolute atomic E-state index is 12.6. The Bertz CT molecular complexity index is 985. The van der Waals surface area contributed by atoms with Crippen LogP contribution in [0.15, 0.2) is 18.3 Å². The van der Waals surface area contributed by atoms with Gasteiger partial charge in [0, 0.05) is 37.8 Å². The van der Waals surface area contributed by atoms with Gasteiger partial charge in [0.15, 0.2) is 11.6 Å². The summed E-state index contributed by atoms with van der Waals surface area (Å²) in [5.74, 6) is 2.89. The molecule has 1 amide bonds. The van der Waals surface area contributed by atoms with Crippen LogP contribution in [0, 0.1) is 0 Å². The monoisotopic (exact) mass is 422 g/mol. The van der Waals surface area contributed by atoms with E-state index in [1.165, 1.54) is 12.8 Å². The molecular formula is C21H26N8O2. The van der Waals surface area contributed by atoms with Crippen LogP contribution in [-0.4, -0.2) is 70.5 Å². The molecule has 2 N–H and O–H groups in total. The van der Waals surface area contributed by atoms with Crippen molar-refractivity contribution in [3.05, 3.63) is 23.9 Å². The first-order valence-corrected chi connectivity index (χ1v) is 11.1. The Morgan fingerprint density at radius 1 is 1.16 bits per heavy atom. The summed E-state index contributed by atoms with van der Waals surface area (Å²) in [5, 5.41) is 15.0. The maximum Gasteiger partial charge on any atom is 0.243 e. The summed E-state index contributed by atoms with van der Waals surface area (Å²) in [6, 6.07) is 3.66. The van der Waals surface area contributed by atoms with Gasteiger partial charge in [-0.3, -0.25) is 4.79 Å². The van der Waals surface area contributed by atoms with Gasteiger partial charge in [-0.1, -0.05) is 12.8 Å². The molecule has 2 saturated heterocycles. The van der Waals surface area contributed by atoms with Gasteiger partial charge in [-0.15, -0.1) is 10.2 Å². The first-order valence-electron chi connectivity index (χ1n) is 11.1. The number of nitrogens with one attached hydrogen (secondary N) is 2. The zero-order valence-electron chi connectivity index (χ0n) is 17.4. The van der Waals surface area contributed by atoms with Crippen molar-refractivity contribution >= 4 is 29.3 Å². The second-order valence-corrected chi connectivity index (χ2v) is 8.78. The van der Waals surface area contributed by atoms with Crippen LogP contribution in [0.4, 0.5) is 23.4 Å². The Morgan fingerprint density at radius 2 is 2.00 bits per heavy atom. The quantitative estimate of drug-likeness (QED) is 0.749. The maximum atomic E-state index is 12.6. The Hall–Kier alpha value is -3.01. The summed E-state index contributed by atoms with van der Waals surface area (Å²) >= 11 is 0. The van der Waals surface area contributed by atoms with E-state index in [4.69, 9.17) is 9.72 Å². The van der Waals surface area contributed by atoms with E-state index >= 15 is 0 Å². The standard InChI is InChI=1S/C21H26N8O2/c30-19-15-11-14-12-22-20(25-18(14)29(15)21(13-23-19)5-1-2-6-21)24-16-3-4-17(27-26-16)28-7-9-31-10-8-28/h3-4,12,15H,1-2,5-11,13H2,(H,23,30)(H,22,24,25,26). The largest absolute Gasteiger partial charge is 0.378 e. The SMILES string of the molecule is O=C1NCC2(CCCC2)N2c3nc(Nc4ccc(N5CCOCC5)nn4)ncc3CC12. The van der Waals surface area contributed by atoms with E-state index in [1.54, 1.807) is 0 Å². The average molecular weight is 422 g/mol. The lowest BCUT2D eigenvalue weighted by atomic mass is 9.90. The molecule has 1 aliphatic carbocycles. The minimum atomic E-state index is -0.181. The lowest BCUT2D eigenvalue weighted by Crippen LogP contribution is -2.66. The van der Waals surface area contributed by atoms with Crippen molar-refractivity contribution in [1.29, 1.82) is 0 Å². The first kappa shape index (κ1) is 18.7. The number of hydrogen-bond acceptors (Lipinski definition) is 9. The van der Waals surface area contributed by atoms with Gasteiger partial charge in [-0.05, 0) is 25.0 Å². The van der Waals surface area contributed by atoms with Crippen LogP contribution in [0.1, 0.15) is 31.2 Å². The van der Waals surface area contributed by atoms with Crippen LogP contribution in [0.25, 0.3) is 0 Å². The van der Waals surface area contributed by atoms with Crippen LogP contribution in [0.2, 0.25) is 0 Å². The molecule has 3 fully saturated rings. The number of anilines is 4. The van der Waals surface area contributed by atoms with E-state index in [1.807, 2.05) is 18.3 Å². The fraction of sp³-hybridized carbons (Fsp3) is 0.571. The number of amides is 1. The molecule has 1 spiro atoms. The highest BCUT2D eigenvalue weighted by molar-refractivity contribution is 5.90. The molecule has 6 rings (SSSR count). The van der Waals surface area contributed by atoms with Crippen molar-refractivity contribution in [2.24, 2.45) is 0 Å². The second-order valence-electron chi connectivity index (χ2n) is 8.78. The molecule has 0 aromatic carbocycles. The summed E-state index contributed by atoms with van der Waals surface area (Å²) in [7, 11) is 0. The number of carbonyl (C=O) groups excluding carboxylic acids is 1. The normalized spacial score (nSPS) is 24.1. The van der Waals surface area contributed by atoms with Crippen molar-refractivity contribution in [3.8, 4) is 0 Å². The van der Waals surface area contributed by atoms with Crippen molar-refractivity contribution in [2.75, 3.05) is 48.0 Å². The molecule has 1 saturated carbocycles. The molecule has 31 heavy (non-hydrogen) atoms. The van der Waals surface area contributed by atoms with E-state index in [0.717, 1.165) is 43.1 Å². The van der Waals surface area contributed by atoms with Gasteiger partial charge >= 0.3 is 0 Å². The molecular weight excluding hydrogens is 396 g/mol. The fourth-order valence-electron chi connectivity index (χ4n) is 5.40. The molecule has 3 aliphatic heterocycles. The molecule has 10 nitrogen and oxygen atoms in total. The van der Waals surface area contributed by atoms with Crippen LogP contribution >= 0.6 is 0 Å². The lowest BCUT2D eigenvalue weighted by molar-refractivity contribution is -0.124. The third kappa shape index (κ3) is 3.16. The zero-order chi connectivity index (χ0) is 20.8. The molecule has 1 unspecified atom stereocenters. The van der Waals surface area contributed by atoms with Gasteiger partial charge in [0.25, 0.3) is 0 Å². The minimum absolute atomic E-state index is 0.0188. The lowest BCUT2D eigenvalue weighted by Gasteiger charge is -2.47. The van der Waals surface area contributed by atoms with E-state index in [2.05, 4.69) is 35.6 Å². The molecule has 1 atom stereocenters. The number of carbonyl (C=O) groups is 1. The zero-order valence-corrected chi connectivity index (χ0v) is 17.4. The molecule has 2 aromatic heterocycles. The fourth-order valence-corrected chi connectivity index (χ4v) is 5.40. The molecule has 162 valence electrons. The van der Waals surface area contributed by atoms with E-state index in [-0.39, 0.29) is 17.5 Å². The summed E-state index contributed by atoms with van der Waals surface area (Å²) < 4.78 is 5.39. The Balaban J connectivity index is 1.25. The predicted molar refractivity (Wildman–Crippen MR) is 115 cm³/mol. The molecule has 4 aliphatic rings. The van der Waals surface area contributed by atoms with Crippen molar-refractivity contribution in [1.82, 2.24) is 25.5 Å². The van der Waals surface area contributed by atoms with Crippen LogP contribution in [0.3, 0.4) is 0 Å². The van der Waals surface area contributed by atoms with Crippen LogP contribution in [-0.2, 0) is 16.0 Å². The Morgan fingerprint density at radius 3 is 2.77 bits per heavy atom. The molecule has 5 heterocycles. The topological polar surface area (TPSA) is 108 Å². The number of rotatable bonds is 3. The highest BCUT2D eigenvalue weighted by Crippen LogP contribution is 2.45. The molecule has 2 aromatic rings. The van der Waals surface area contributed by atoms with Gasteiger partial charge in [-0.2, -0.15) is 4.98 Å². The Kier molecular flexibility index (Phi) is 4.41. The molecule has 0 bridgehead atoms. The average Bonchev–Trinajstić information content (AvgIpc) is 3.43. The number of morpholine rings is 1. The number of fused-ring (bicyclic) bond motifs is 4. The van der Waals surface area contributed by atoms with Gasteiger partial charge in [0.1, 0.15) is 11.9 Å². The molecule has 10 heteroatoms. The second kappa shape index (κ2) is 7.30. The minimum Gasteiger partial charge on any atom is -0.378 e. The third-order valence-electron chi connectivity index (χ3n) is 6.96. The van der Waals surface area contributed by atoms with Crippen LogP contribution < -0.4 is 20.4 Å². The van der Waals surface area contributed by atoms with E-state index in [0.29, 0.717) is 37.9 Å². The Labute approximate surface area is 180 Å². The highest BCUT2D eigenvalue weighted by Gasteiger charge is 2.52. The number of ether oxygens (including phenoxy) is 1. The van der Waals surface area contributed by atoms with Crippen molar-refractivity contribution in [2.45, 2.75) is 43.7 Å². The first-order chi connectivity index (χ1) is 15.2. The number of nitrogens with zero attached hydrogens (tertiary/aromatic N) is 6. The van der Waals surface area contributed by atoms with Crippen molar-refractivity contribution in [3.63, 3.8) is 0 Å². The van der Waals surface area contributed by atoms with Gasteiger partial charge < -0.3 is 25.2 Å². The van der Waals surface area contributed by atoms with E-state index in [9.17, 15) is 4.79 Å². The summed E-state index contributed by atoms with van der Waals surface area (Å²) in [6.45, 7) is 3.76. The van der Waals surface area contributed by atoms with Gasteiger partial charge in [0.05, 0.1) is 18.8 Å². The third-order valence-corrected chi connectivity index (χ3v) is 6.96. The number of aromatic nitrogens is 4. The number of hydrogen-bond donors (Lipinski definition) is 2. The van der Waals surface area contributed by atoms with E-state index < -0.39 is 0 Å². The van der Waals surface area contributed by atoms with Crippen molar-refractivity contribution < 1.29 is 9.53 Å². The van der Waals surface area contributed by atoms with Gasteiger partial charge in [-0.25, -0.2) is 4.98 Å². The molecule has 0 radical (unpaired) electrons. The summed E-state index contributed by atoms with van der Waals surface area (Å²) in [5.41, 5.74) is 1.02. The van der Waals surface area contributed by atoms with Gasteiger partial charge in [0.2, 0.25) is 11.9 Å². The van der Waals surface area contributed by atoms with Crippen LogP contribution in [0.5, 0.6) is 0 Å². The summed E-state index contributed by atoms with van der Waals surface area (Å²) in [6.07, 6.45) is 7.06. The highest BCUT2D eigenvalue weighted by atomic mass is 16.5. The number of piperazine rings is 1.